The highest BCUT2D eigenvalue weighted by Gasteiger charge is 2.08. The Labute approximate surface area is 93.0 Å². The van der Waals surface area contributed by atoms with Crippen molar-refractivity contribution < 1.29 is 0 Å². The molecule has 0 fully saturated rings. The van der Waals surface area contributed by atoms with Crippen molar-refractivity contribution in [3.8, 4) is 5.69 Å². The van der Waals surface area contributed by atoms with Gasteiger partial charge in [0.15, 0.2) is 0 Å². The van der Waals surface area contributed by atoms with Crippen LogP contribution in [0.25, 0.3) is 5.69 Å². The van der Waals surface area contributed by atoms with Crippen LogP contribution in [0.4, 0.5) is 0 Å². The molecular formula is C12H13NOS. The minimum absolute atomic E-state index is 0.0492. The summed E-state index contributed by atoms with van der Waals surface area (Å²) in [7, 11) is 0. The Kier molecular flexibility index (Phi) is 2.73. The summed E-state index contributed by atoms with van der Waals surface area (Å²) in [5.41, 5.74) is 2.27. The van der Waals surface area contributed by atoms with Crippen molar-refractivity contribution in [1.82, 2.24) is 3.96 Å². The van der Waals surface area contributed by atoms with Gasteiger partial charge < -0.3 is 0 Å². The van der Waals surface area contributed by atoms with Crippen molar-refractivity contribution >= 4 is 11.5 Å². The first-order chi connectivity index (χ1) is 7.20. The SMILES string of the molecule is CC(C)c1ccccc1-n1sccc1=O. The van der Waals surface area contributed by atoms with Crippen LogP contribution in [-0.2, 0) is 0 Å². The van der Waals surface area contributed by atoms with Gasteiger partial charge in [0.05, 0.1) is 5.69 Å². The average molecular weight is 219 g/mol. The molecule has 0 spiro atoms. The number of hydrogen-bond donors (Lipinski definition) is 0. The van der Waals surface area contributed by atoms with Crippen LogP contribution in [0.15, 0.2) is 40.5 Å². The molecule has 0 amide bonds. The summed E-state index contributed by atoms with van der Waals surface area (Å²) in [4.78, 5) is 11.6. The van der Waals surface area contributed by atoms with E-state index in [4.69, 9.17) is 0 Å². The molecule has 0 atom stereocenters. The first-order valence-corrected chi connectivity index (χ1v) is 5.80. The molecule has 0 unspecified atom stereocenters. The van der Waals surface area contributed by atoms with Gasteiger partial charge in [-0.15, -0.1) is 0 Å². The van der Waals surface area contributed by atoms with Crippen LogP contribution in [0, 0.1) is 0 Å². The van der Waals surface area contributed by atoms with Gasteiger partial charge in [-0.1, -0.05) is 43.6 Å². The zero-order valence-corrected chi connectivity index (χ0v) is 9.62. The normalized spacial score (nSPS) is 10.9. The van der Waals surface area contributed by atoms with Gasteiger partial charge in [0.2, 0.25) is 0 Å². The molecule has 1 heterocycles. The van der Waals surface area contributed by atoms with E-state index in [1.165, 1.54) is 17.1 Å². The fraction of sp³-hybridized carbons (Fsp3) is 0.250. The Hall–Kier alpha value is -1.35. The molecule has 2 nitrogen and oxygen atoms in total. The molecule has 78 valence electrons. The molecule has 0 bridgehead atoms. The number of rotatable bonds is 2. The molecule has 3 heteroatoms. The van der Waals surface area contributed by atoms with Crippen LogP contribution >= 0.6 is 11.5 Å². The van der Waals surface area contributed by atoms with Gasteiger partial charge in [0, 0.05) is 11.4 Å². The maximum absolute atomic E-state index is 11.6. The van der Waals surface area contributed by atoms with Crippen LogP contribution in [0.1, 0.15) is 25.3 Å². The predicted molar refractivity (Wildman–Crippen MR) is 64.0 cm³/mol. The highest BCUT2D eigenvalue weighted by molar-refractivity contribution is 7.04. The van der Waals surface area contributed by atoms with Gasteiger partial charge in [-0.3, -0.25) is 4.79 Å². The van der Waals surface area contributed by atoms with E-state index in [1.807, 2.05) is 23.6 Å². The topological polar surface area (TPSA) is 22.0 Å². The number of benzene rings is 1. The molecule has 0 saturated carbocycles. The molecule has 1 aromatic heterocycles. The van der Waals surface area contributed by atoms with Gasteiger partial charge in [-0.05, 0) is 17.5 Å². The second-order valence-corrected chi connectivity index (χ2v) is 4.60. The van der Waals surface area contributed by atoms with Crippen LogP contribution in [0.3, 0.4) is 0 Å². The summed E-state index contributed by atoms with van der Waals surface area (Å²) in [6.45, 7) is 4.27. The summed E-state index contributed by atoms with van der Waals surface area (Å²) in [6, 6.07) is 9.64. The number of aromatic nitrogens is 1. The number of nitrogens with zero attached hydrogens (tertiary/aromatic N) is 1. The number of para-hydroxylation sites is 1. The maximum atomic E-state index is 11.6. The first-order valence-electron chi connectivity index (χ1n) is 4.96. The monoisotopic (exact) mass is 219 g/mol. The third-order valence-corrected chi connectivity index (χ3v) is 3.20. The fourth-order valence-corrected chi connectivity index (χ4v) is 2.35. The molecule has 0 saturated heterocycles. The molecule has 15 heavy (non-hydrogen) atoms. The van der Waals surface area contributed by atoms with E-state index < -0.39 is 0 Å². The Morgan fingerprint density at radius 3 is 2.53 bits per heavy atom. The summed E-state index contributed by atoms with van der Waals surface area (Å²) < 4.78 is 1.73. The molecular weight excluding hydrogens is 206 g/mol. The van der Waals surface area contributed by atoms with Crippen molar-refractivity contribution in [2.75, 3.05) is 0 Å². The summed E-state index contributed by atoms with van der Waals surface area (Å²) in [5, 5.41) is 1.82. The standard InChI is InChI=1S/C12H13NOS/c1-9(2)10-5-3-4-6-11(10)13-12(14)7-8-15-13/h3-9H,1-2H3. The van der Waals surface area contributed by atoms with Crippen molar-refractivity contribution in [3.63, 3.8) is 0 Å². The molecule has 2 rings (SSSR count). The van der Waals surface area contributed by atoms with Crippen molar-refractivity contribution in [2.45, 2.75) is 19.8 Å². The highest BCUT2D eigenvalue weighted by atomic mass is 32.1. The summed E-state index contributed by atoms with van der Waals surface area (Å²) >= 11 is 1.44. The molecule has 2 aromatic rings. The Balaban J connectivity index is 2.63. The zero-order chi connectivity index (χ0) is 10.8. The molecule has 0 aliphatic rings. The minimum Gasteiger partial charge on any atom is -0.268 e. The lowest BCUT2D eigenvalue weighted by Gasteiger charge is -2.11. The lowest BCUT2D eigenvalue weighted by atomic mass is 10.0. The highest BCUT2D eigenvalue weighted by Crippen LogP contribution is 2.22. The quantitative estimate of drug-likeness (QED) is 0.761. The van der Waals surface area contributed by atoms with E-state index in [2.05, 4.69) is 19.9 Å². The lowest BCUT2D eigenvalue weighted by Crippen LogP contribution is -2.11. The molecule has 0 aliphatic carbocycles. The lowest BCUT2D eigenvalue weighted by molar-refractivity contribution is 0.852. The summed E-state index contributed by atoms with van der Waals surface area (Å²) in [6.07, 6.45) is 0. The van der Waals surface area contributed by atoms with E-state index in [-0.39, 0.29) is 5.56 Å². The Morgan fingerprint density at radius 1 is 1.20 bits per heavy atom. The first kappa shape index (κ1) is 10.2. The van der Waals surface area contributed by atoms with Gasteiger partial charge in [0.25, 0.3) is 5.56 Å². The minimum atomic E-state index is 0.0492. The molecule has 0 aliphatic heterocycles. The third-order valence-electron chi connectivity index (χ3n) is 2.35. The smallest absolute Gasteiger partial charge is 0.265 e. The van der Waals surface area contributed by atoms with Crippen molar-refractivity contribution in [2.24, 2.45) is 0 Å². The molecule has 0 radical (unpaired) electrons. The van der Waals surface area contributed by atoms with Crippen LogP contribution < -0.4 is 5.56 Å². The third kappa shape index (κ3) is 1.88. The van der Waals surface area contributed by atoms with Crippen molar-refractivity contribution in [3.05, 3.63) is 51.6 Å². The zero-order valence-electron chi connectivity index (χ0n) is 8.81. The maximum Gasteiger partial charge on any atom is 0.265 e. The second kappa shape index (κ2) is 4.03. The molecule has 0 N–H and O–H groups in total. The largest absolute Gasteiger partial charge is 0.268 e. The molecule has 1 aromatic carbocycles. The Morgan fingerprint density at radius 2 is 1.93 bits per heavy atom. The van der Waals surface area contributed by atoms with Gasteiger partial charge in [0.1, 0.15) is 0 Å². The van der Waals surface area contributed by atoms with Gasteiger partial charge in [-0.25, -0.2) is 3.96 Å². The Bertz CT molecular complexity index is 510. The predicted octanol–water partition coefficient (Wildman–Crippen LogP) is 3.02. The van der Waals surface area contributed by atoms with E-state index in [1.54, 1.807) is 10.0 Å². The van der Waals surface area contributed by atoms with E-state index in [0.717, 1.165) is 5.69 Å². The van der Waals surface area contributed by atoms with Crippen LogP contribution in [0.2, 0.25) is 0 Å². The van der Waals surface area contributed by atoms with Gasteiger partial charge in [-0.2, -0.15) is 0 Å². The van der Waals surface area contributed by atoms with Crippen LogP contribution in [-0.4, -0.2) is 3.96 Å². The van der Waals surface area contributed by atoms with Crippen molar-refractivity contribution in [1.29, 1.82) is 0 Å². The van der Waals surface area contributed by atoms with E-state index in [0.29, 0.717) is 5.92 Å². The summed E-state index contributed by atoms with van der Waals surface area (Å²) in [5.74, 6) is 0.426. The number of hydrogen-bond acceptors (Lipinski definition) is 2. The fourth-order valence-electron chi connectivity index (χ4n) is 1.61. The average Bonchev–Trinajstić information content (AvgIpc) is 2.64. The van der Waals surface area contributed by atoms with Crippen LogP contribution in [0.5, 0.6) is 0 Å². The second-order valence-electron chi connectivity index (χ2n) is 3.75. The van der Waals surface area contributed by atoms with Gasteiger partial charge >= 0.3 is 0 Å². The van der Waals surface area contributed by atoms with E-state index in [9.17, 15) is 4.79 Å². The van der Waals surface area contributed by atoms with E-state index >= 15 is 0 Å².